The zero-order valence-corrected chi connectivity index (χ0v) is 12.0. The highest BCUT2D eigenvalue weighted by Crippen LogP contribution is 2.18. The van der Waals surface area contributed by atoms with E-state index in [4.69, 9.17) is 0 Å². The number of hydrogen-bond acceptors (Lipinski definition) is 4. The fourth-order valence-electron chi connectivity index (χ4n) is 2.35. The molecule has 0 atom stereocenters. The highest BCUT2D eigenvalue weighted by molar-refractivity contribution is 5.90. The molecule has 0 aliphatic carbocycles. The average molecular weight is 279 g/mol. The van der Waals surface area contributed by atoms with Crippen molar-refractivity contribution in [3.05, 3.63) is 11.6 Å². The summed E-state index contributed by atoms with van der Waals surface area (Å²) in [4.78, 5) is 29.8. The number of piperidine rings is 1. The highest BCUT2D eigenvalue weighted by atomic mass is 16.2. The molecule has 0 aromatic carbocycles. The molecule has 0 saturated carbocycles. The number of aromatic nitrogens is 3. The van der Waals surface area contributed by atoms with Gasteiger partial charge < -0.3 is 10.2 Å². The van der Waals surface area contributed by atoms with Crippen LogP contribution in [0, 0.1) is 5.92 Å². The topological polar surface area (TPSA) is 91.0 Å². The molecule has 2 heterocycles. The Morgan fingerprint density at radius 3 is 2.60 bits per heavy atom. The SMILES string of the molecule is CCNC(=O)C1CCN(C(=O)c2n[nH]c(CC)n2)CC1. The van der Waals surface area contributed by atoms with E-state index in [0.29, 0.717) is 38.3 Å². The van der Waals surface area contributed by atoms with Gasteiger partial charge in [-0.15, -0.1) is 5.10 Å². The van der Waals surface area contributed by atoms with Gasteiger partial charge in [0.05, 0.1) is 0 Å². The molecule has 0 spiro atoms. The maximum atomic E-state index is 12.2. The first-order valence-corrected chi connectivity index (χ1v) is 7.14. The molecule has 0 unspecified atom stereocenters. The van der Waals surface area contributed by atoms with E-state index in [0.717, 1.165) is 6.42 Å². The number of carbonyl (C=O) groups is 2. The lowest BCUT2D eigenvalue weighted by Gasteiger charge is -2.30. The number of aromatic amines is 1. The second-order valence-electron chi connectivity index (χ2n) is 4.92. The van der Waals surface area contributed by atoms with Crippen LogP contribution in [0.3, 0.4) is 0 Å². The van der Waals surface area contributed by atoms with Crippen molar-refractivity contribution in [1.82, 2.24) is 25.4 Å². The summed E-state index contributed by atoms with van der Waals surface area (Å²) in [7, 11) is 0. The minimum atomic E-state index is -0.157. The second-order valence-corrected chi connectivity index (χ2v) is 4.92. The third-order valence-electron chi connectivity index (χ3n) is 3.56. The fourth-order valence-corrected chi connectivity index (χ4v) is 2.35. The van der Waals surface area contributed by atoms with Crippen LogP contribution in [0.25, 0.3) is 0 Å². The monoisotopic (exact) mass is 279 g/mol. The molecule has 1 aromatic heterocycles. The van der Waals surface area contributed by atoms with Gasteiger partial charge in [-0.25, -0.2) is 4.98 Å². The van der Waals surface area contributed by atoms with E-state index in [-0.39, 0.29) is 23.6 Å². The van der Waals surface area contributed by atoms with E-state index in [1.54, 1.807) is 4.90 Å². The number of hydrogen-bond donors (Lipinski definition) is 2. The average Bonchev–Trinajstić information content (AvgIpc) is 2.96. The summed E-state index contributed by atoms with van der Waals surface area (Å²) in [6, 6.07) is 0. The molecular weight excluding hydrogens is 258 g/mol. The van der Waals surface area contributed by atoms with Gasteiger partial charge in [-0.05, 0) is 19.8 Å². The Balaban J connectivity index is 1.90. The Hall–Kier alpha value is -1.92. The van der Waals surface area contributed by atoms with E-state index in [1.165, 1.54) is 0 Å². The highest BCUT2D eigenvalue weighted by Gasteiger charge is 2.28. The molecule has 0 bridgehead atoms. The molecule has 2 N–H and O–H groups in total. The molecule has 1 aliphatic heterocycles. The number of likely N-dealkylation sites (tertiary alicyclic amines) is 1. The van der Waals surface area contributed by atoms with Gasteiger partial charge in [-0.3, -0.25) is 14.7 Å². The molecular formula is C13H21N5O2. The predicted molar refractivity (Wildman–Crippen MR) is 73.1 cm³/mol. The summed E-state index contributed by atoms with van der Waals surface area (Å²) in [6.45, 7) is 5.67. The molecule has 20 heavy (non-hydrogen) atoms. The van der Waals surface area contributed by atoms with Crippen LogP contribution >= 0.6 is 0 Å². The largest absolute Gasteiger partial charge is 0.356 e. The summed E-state index contributed by atoms with van der Waals surface area (Å²) >= 11 is 0. The molecule has 2 amide bonds. The van der Waals surface area contributed by atoms with Crippen LogP contribution in [-0.2, 0) is 11.2 Å². The second kappa shape index (κ2) is 6.49. The molecule has 1 saturated heterocycles. The van der Waals surface area contributed by atoms with E-state index in [1.807, 2.05) is 13.8 Å². The number of nitrogens with one attached hydrogen (secondary N) is 2. The van der Waals surface area contributed by atoms with E-state index in [9.17, 15) is 9.59 Å². The minimum absolute atomic E-state index is 0.0114. The van der Waals surface area contributed by atoms with Gasteiger partial charge in [0.1, 0.15) is 5.82 Å². The van der Waals surface area contributed by atoms with Crippen LogP contribution in [0.15, 0.2) is 0 Å². The van der Waals surface area contributed by atoms with Gasteiger partial charge in [0.2, 0.25) is 11.7 Å². The Labute approximate surface area is 118 Å². The van der Waals surface area contributed by atoms with E-state index in [2.05, 4.69) is 20.5 Å². The smallest absolute Gasteiger partial charge is 0.293 e. The Bertz CT molecular complexity index is 477. The minimum Gasteiger partial charge on any atom is -0.356 e. The molecule has 2 rings (SSSR count). The first-order valence-electron chi connectivity index (χ1n) is 7.14. The number of amides is 2. The summed E-state index contributed by atoms with van der Waals surface area (Å²) in [5, 5.41) is 9.52. The third-order valence-corrected chi connectivity index (χ3v) is 3.56. The lowest BCUT2D eigenvalue weighted by atomic mass is 9.96. The van der Waals surface area contributed by atoms with Crippen molar-refractivity contribution in [3.8, 4) is 0 Å². The van der Waals surface area contributed by atoms with Gasteiger partial charge in [0, 0.05) is 32.0 Å². The van der Waals surface area contributed by atoms with Crippen molar-refractivity contribution >= 4 is 11.8 Å². The lowest BCUT2D eigenvalue weighted by molar-refractivity contribution is -0.126. The number of rotatable bonds is 4. The Morgan fingerprint density at radius 1 is 1.35 bits per heavy atom. The first kappa shape index (κ1) is 14.5. The first-order chi connectivity index (χ1) is 9.65. The van der Waals surface area contributed by atoms with Gasteiger partial charge in [-0.2, -0.15) is 0 Å². The molecule has 1 aliphatic rings. The maximum Gasteiger partial charge on any atom is 0.293 e. The third kappa shape index (κ3) is 3.15. The Morgan fingerprint density at radius 2 is 2.05 bits per heavy atom. The Kier molecular flexibility index (Phi) is 4.70. The molecule has 110 valence electrons. The summed E-state index contributed by atoms with van der Waals surface area (Å²) < 4.78 is 0. The van der Waals surface area contributed by atoms with E-state index >= 15 is 0 Å². The van der Waals surface area contributed by atoms with Crippen LogP contribution in [0.1, 0.15) is 43.1 Å². The van der Waals surface area contributed by atoms with Crippen molar-refractivity contribution < 1.29 is 9.59 Å². The maximum absolute atomic E-state index is 12.2. The van der Waals surface area contributed by atoms with Crippen molar-refractivity contribution in [2.45, 2.75) is 33.1 Å². The lowest BCUT2D eigenvalue weighted by Crippen LogP contribution is -2.43. The number of H-pyrrole nitrogens is 1. The number of carbonyl (C=O) groups excluding carboxylic acids is 2. The van der Waals surface area contributed by atoms with Crippen molar-refractivity contribution in [2.24, 2.45) is 5.92 Å². The zero-order valence-electron chi connectivity index (χ0n) is 12.0. The van der Waals surface area contributed by atoms with Crippen LogP contribution in [0.4, 0.5) is 0 Å². The van der Waals surface area contributed by atoms with Gasteiger partial charge in [0.15, 0.2) is 0 Å². The summed E-state index contributed by atoms with van der Waals surface area (Å²) in [5.41, 5.74) is 0. The van der Waals surface area contributed by atoms with Crippen molar-refractivity contribution in [1.29, 1.82) is 0 Å². The van der Waals surface area contributed by atoms with Crippen LogP contribution < -0.4 is 5.32 Å². The zero-order chi connectivity index (χ0) is 14.5. The molecule has 7 nitrogen and oxygen atoms in total. The molecule has 1 aromatic rings. The van der Waals surface area contributed by atoms with Crippen molar-refractivity contribution in [2.75, 3.05) is 19.6 Å². The van der Waals surface area contributed by atoms with Gasteiger partial charge in [0.25, 0.3) is 5.91 Å². The van der Waals surface area contributed by atoms with Gasteiger partial charge in [-0.1, -0.05) is 6.92 Å². The summed E-state index contributed by atoms with van der Waals surface area (Å²) in [6.07, 6.45) is 2.12. The van der Waals surface area contributed by atoms with Crippen molar-refractivity contribution in [3.63, 3.8) is 0 Å². The fraction of sp³-hybridized carbons (Fsp3) is 0.692. The normalized spacial score (nSPS) is 16.2. The quantitative estimate of drug-likeness (QED) is 0.832. The number of nitrogens with zero attached hydrogens (tertiary/aromatic N) is 3. The van der Waals surface area contributed by atoms with Crippen LogP contribution in [-0.4, -0.2) is 51.5 Å². The van der Waals surface area contributed by atoms with E-state index < -0.39 is 0 Å². The molecule has 7 heteroatoms. The molecule has 1 fully saturated rings. The van der Waals surface area contributed by atoms with Crippen LogP contribution in [0.2, 0.25) is 0 Å². The predicted octanol–water partition coefficient (Wildman–Crippen LogP) is 0.355. The van der Waals surface area contributed by atoms with Gasteiger partial charge >= 0.3 is 0 Å². The summed E-state index contributed by atoms with van der Waals surface area (Å²) in [5.74, 6) is 0.877. The van der Waals surface area contributed by atoms with Crippen LogP contribution in [0.5, 0.6) is 0 Å². The molecule has 0 radical (unpaired) electrons. The standard InChI is InChI=1S/C13H21N5O2/c1-3-10-15-11(17-16-10)13(20)18-7-5-9(6-8-18)12(19)14-4-2/h9H,3-8H2,1-2H3,(H,14,19)(H,15,16,17). The number of aryl methyl sites for hydroxylation is 1.